The van der Waals surface area contributed by atoms with Gasteiger partial charge in [0.2, 0.25) is 0 Å². The molecule has 3 nitrogen and oxygen atoms in total. The maximum absolute atomic E-state index is 11.3. The first kappa shape index (κ1) is 20.5. The average molecular weight is 403 g/mol. The summed E-state index contributed by atoms with van der Waals surface area (Å²) >= 11 is 0. The van der Waals surface area contributed by atoms with Gasteiger partial charge in [0.25, 0.3) is 0 Å². The Morgan fingerprint density at radius 2 is 1.76 bits per heavy atom. The van der Waals surface area contributed by atoms with E-state index in [0.29, 0.717) is 22.9 Å². The molecule has 0 aromatic carbocycles. The van der Waals surface area contributed by atoms with E-state index >= 15 is 0 Å². The summed E-state index contributed by atoms with van der Waals surface area (Å²) < 4.78 is 12.3. The molecule has 0 bridgehead atoms. The highest BCUT2D eigenvalue weighted by atomic mass is 16.7. The van der Waals surface area contributed by atoms with Gasteiger partial charge < -0.3 is 14.3 Å². The lowest BCUT2D eigenvalue weighted by molar-refractivity contribution is -0.212. The van der Waals surface area contributed by atoms with Gasteiger partial charge in [-0.3, -0.25) is 0 Å². The molecule has 0 N–H and O–H groups in total. The van der Waals surface area contributed by atoms with E-state index in [4.69, 9.17) is 9.47 Å². The van der Waals surface area contributed by atoms with Gasteiger partial charge in [0.05, 0.1) is 6.10 Å². The van der Waals surface area contributed by atoms with E-state index in [1.165, 1.54) is 76.9 Å². The van der Waals surface area contributed by atoms with Crippen molar-refractivity contribution in [1.29, 1.82) is 0 Å². The molecule has 0 aromatic rings. The molecule has 1 heterocycles. The number of aldehydes is 1. The van der Waals surface area contributed by atoms with Gasteiger partial charge in [0.15, 0.2) is 6.29 Å². The van der Waals surface area contributed by atoms with E-state index in [1.54, 1.807) is 0 Å². The predicted molar refractivity (Wildman–Crippen MR) is 114 cm³/mol. The second-order valence-electron chi connectivity index (χ2n) is 11.7. The average Bonchev–Trinajstić information content (AvgIpc) is 3.06. The molecular formula is C26H42O3. The summed E-state index contributed by atoms with van der Waals surface area (Å²) in [6, 6.07) is 0. The largest absolute Gasteiger partial charge is 0.353 e. The summed E-state index contributed by atoms with van der Waals surface area (Å²) in [7, 11) is 0. The molecule has 3 heteroatoms. The van der Waals surface area contributed by atoms with Gasteiger partial charge in [-0.2, -0.15) is 0 Å². The van der Waals surface area contributed by atoms with Crippen molar-refractivity contribution in [2.45, 2.75) is 110 Å². The standard InChI is InChI=1S/C26H42O3/c1-25-14-11-23-21(22(25)9-7-18(25)12-15-27)8-6-19-17-20(10-13-26(19,23)2)29-24-5-3-4-16-28-24/h15,18-24H,3-14,16-17H2,1-2H3/t18-,19+,20+,21-,22+,23-,24-,25-,26+/m1/s1. The maximum atomic E-state index is 11.3. The molecule has 5 rings (SSSR count). The first-order chi connectivity index (χ1) is 14.0. The van der Waals surface area contributed by atoms with Crippen LogP contribution in [-0.2, 0) is 14.3 Å². The van der Waals surface area contributed by atoms with Gasteiger partial charge in [0, 0.05) is 13.0 Å². The lowest BCUT2D eigenvalue weighted by atomic mass is 9.44. The number of carbonyl (C=O) groups excluding carboxylic acids is 1. The van der Waals surface area contributed by atoms with E-state index in [-0.39, 0.29) is 6.29 Å². The third-order valence-corrected chi connectivity index (χ3v) is 10.7. The monoisotopic (exact) mass is 402 g/mol. The fraction of sp³-hybridized carbons (Fsp3) is 0.962. The second-order valence-corrected chi connectivity index (χ2v) is 11.7. The van der Waals surface area contributed by atoms with Crippen LogP contribution in [0.2, 0.25) is 0 Å². The van der Waals surface area contributed by atoms with Crippen molar-refractivity contribution in [2.24, 2.45) is 40.4 Å². The first-order valence-electron chi connectivity index (χ1n) is 12.8. The van der Waals surface area contributed by atoms with Crippen LogP contribution in [0, 0.1) is 40.4 Å². The lowest BCUT2D eigenvalue weighted by Gasteiger charge is -2.61. The van der Waals surface area contributed by atoms with Crippen molar-refractivity contribution in [3.8, 4) is 0 Å². The van der Waals surface area contributed by atoms with Crippen LogP contribution in [-0.4, -0.2) is 25.3 Å². The quantitative estimate of drug-likeness (QED) is 0.418. The van der Waals surface area contributed by atoms with E-state index < -0.39 is 0 Å². The van der Waals surface area contributed by atoms with E-state index in [1.807, 2.05) is 0 Å². The Balaban J connectivity index is 1.27. The highest BCUT2D eigenvalue weighted by molar-refractivity contribution is 5.50. The van der Waals surface area contributed by atoms with Crippen molar-refractivity contribution >= 4 is 6.29 Å². The van der Waals surface area contributed by atoms with Gasteiger partial charge >= 0.3 is 0 Å². The SMILES string of the molecule is C[C@]12CC[C@H](O[C@@H]3CCCCO3)C[C@@H]1CC[C@H]1[C@H]2CC[C@]2(C)[C@@H](CC=O)CC[C@@H]12. The molecule has 5 fully saturated rings. The summed E-state index contributed by atoms with van der Waals surface area (Å²) in [4.78, 5) is 11.3. The lowest BCUT2D eigenvalue weighted by Crippen LogP contribution is -2.54. The van der Waals surface area contributed by atoms with Crippen molar-refractivity contribution in [3.63, 3.8) is 0 Å². The molecule has 5 aliphatic rings. The van der Waals surface area contributed by atoms with Crippen LogP contribution in [0.25, 0.3) is 0 Å². The zero-order valence-electron chi connectivity index (χ0n) is 18.7. The number of fused-ring (bicyclic) bond motifs is 5. The highest BCUT2D eigenvalue weighted by Gasteiger charge is 2.60. The summed E-state index contributed by atoms with van der Waals surface area (Å²) in [5.41, 5.74) is 0.949. The molecule has 4 saturated carbocycles. The number of hydrogen-bond acceptors (Lipinski definition) is 3. The smallest absolute Gasteiger partial charge is 0.157 e. The third kappa shape index (κ3) is 3.43. The minimum absolute atomic E-state index is 0.0677. The van der Waals surface area contributed by atoms with Crippen LogP contribution in [0.5, 0.6) is 0 Å². The minimum Gasteiger partial charge on any atom is -0.353 e. The van der Waals surface area contributed by atoms with E-state index in [0.717, 1.165) is 43.1 Å². The molecule has 29 heavy (non-hydrogen) atoms. The number of carbonyl (C=O) groups is 1. The Hall–Kier alpha value is -0.410. The van der Waals surface area contributed by atoms with E-state index in [9.17, 15) is 4.79 Å². The van der Waals surface area contributed by atoms with Crippen molar-refractivity contribution in [2.75, 3.05) is 6.61 Å². The molecule has 0 amide bonds. The zero-order valence-corrected chi connectivity index (χ0v) is 18.7. The van der Waals surface area contributed by atoms with Crippen LogP contribution in [0.3, 0.4) is 0 Å². The number of ether oxygens (including phenoxy) is 2. The summed E-state index contributed by atoms with van der Waals surface area (Å²) in [5.74, 6) is 4.17. The number of hydrogen-bond donors (Lipinski definition) is 0. The Labute approximate surface area is 177 Å². The van der Waals surface area contributed by atoms with Crippen LogP contribution in [0.4, 0.5) is 0 Å². The van der Waals surface area contributed by atoms with Gasteiger partial charge in [-0.15, -0.1) is 0 Å². The van der Waals surface area contributed by atoms with Crippen molar-refractivity contribution in [3.05, 3.63) is 0 Å². The van der Waals surface area contributed by atoms with Gasteiger partial charge in [0.1, 0.15) is 6.29 Å². The summed E-state index contributed by atoms with van der Waals surface area (Å²) in [5, 5.41) is 0. The first-order valence-corrected chi connectivity index (χ1v) is 12.8. The molecule has 9 atom stereocenters. The molecule has 0 unspecified atom stereocenters. The van der Waals surface area contributed by atoms with Gasteiger partial charge in [-0.1, -0.05) is 13.8 Å². The predicted octanol–water partition coefficient (Wildman–Crippen LogP) is 6.15. The third-order valence-electron chi connectivity index (χ3n) is 10.7. The Bertz CT molecular complexity index is 599. The van der Waals surface area contributed by atoms with Crippen LogP contribution >= 0.6 is 0 Å². The Kier molecular flexibility index (Phi) is 5.60. The van der Waals surface area contributed by atoms with Crippen LogP contribution < -0.4 is 0 Å². The normalized spacial score (nSPS) is 52.3. The summed E-state index contributed by atoms with van der Waals surface area (Å²) in [6.07, 6.45) is 18.1. The molecule has 4 aliphatic carbocycles. The zero-order chi connectivity index (χ0) is 20.1. The number of rotatable bonds is 4. The Morgan fingerprint density at radius 3 is 2.55 bits per heavy atom. The van der Waals surface area contributed by atoms with Gasteiger partial charge in [-0.25, -0.2) is 0 Å². The second kappa shape index (κ2) is 7.93. The van der Waals surface area contributed by atoms with E-state index in [2.05, 4.69) is 13.8 Å². The maximum Gasteiger partial charge on any atom is 0.157 e. The van der Waals surface area contributed by atoms with Crippen molar-refractivity contribution < 1.29 is 14.3 Å². The van der Waals surface area contributed by atoms with Crippen LogP contribution in [0.15, 0.2) is 0 Å². The fourth-order valence-electron chi connectivity index (χ4n) is 8.99. The minimum atomic E-state index is 0.0677. The van der Waals surface area contributed by atoms with Crippen molar-refractivity contribution in [1.82, 2.24) is 0 Å². The molecule has 1 saturated heterocycles. The molecule has 0 spiro atoms. The fourth-order valence-corrected chi connectivity index (χ4v) is 8.99. The molecule has 0 aromatic heterocycles. The molecule has 0 radical (unpaired) electrons. The summed E-state index contributed by atoms with van der Waals surface area (Å²) in [6.45, 7) is 6.06. The molecular weight excluding hydrogens is 360 g/mol. The molecule has 164 valence electrons. The topological polar surface area (TPSA) is 35.5 Å². The Morgan fingerprint density at radius 1 is 0.931 bits per heavy atom. The van der Waals surface area contributed by atoms with Crippen LogP contribution in [0.1, 0.15) is 97.3 Å². The van der Waals surface area contributed by atoms with Gasteiger partial charge in [-0.05, 0) is 117 Å². The molecule has 1 aliphatic heterocycles. The highest BCUT2D eigenvalue weighted by Crippen LogP contribution is 2.67.